The summed E-state index contributed by atoms with van der Waals surface area (Å²) >= 11 is 0. The van der Waals surface area contributed by atoms with Crippen LogP contribution in [-0.2, 0) is 13.2 Å². The van der Waals surface area contributed by atoms with Crippen LogP contribution in [-0.4, -0.2) is 14.5 Å². The number of benzene rings is 2. The smallest absolute Gasteiger partial charge is 0.243 e. The van der Waals surface area contributed by atoms with Gasteiger partial charge in [-0.3, -0.25) is 0 Å². The molecule has 4 aromatic rings. The molecule has 0 aliphatic rings. The Kier molecular flexibility index (Phi) is 4.33. The molecule has 4 nitrogen and oxygen atoms in total. The molecule has 0 aliphatic carbocycles. The van der Waals surface area contributed by atoms with Crippen molar-refractivity contribution < 1.29 is 4.74 Å². The molecule has 4 heteroatoms. The number of para-hydroxylation sites is 1. The van der Waals surface area contributed by atoms with Gasteiger partial charge < -0.3 is 9.30 Å². The lowest BCUT2D eigenvalue weighted by molar-refractivity contribution is 0.298. The van der Waals surface area contributed by atoms with Crippen LogP contribution in [0.15, 0.2) is 54.6 Å². The van der Waals surface area contributed by atoms with Gasteiger partial charge in [0.1, 0.15) is 12.4 Å². The maximum absolute atomic E-state index is 6.10. The fourth-order valence-corrected chi connectivity index (χ4v) is 3.34. The van der Waals surface area contributed by atoms with Gasteiger partial charge in [-0.2, -0.15) is 0 Å². The molecule has 0 saturated heterocycles. The van der Waals surface area contributed by atoms with E-state index in [0.717, 1.165) is 39.9 Å². The second-order valence-corrected chi connectivity index (χ2v) is 7.07. The second-order valence-electron chi connectivity index (χ2n) is 7.07. The van der Waals surface area contributed by atoms with Crippen LogP contribution in [0.3, 0.4) is 0 Å². The van der Waals surface area contributed by atoms with Gasteiger partial charge in [-0.1, -0.05) is 62.4 Å². The van der Waals surface area contributed by atoms with Gasteiger partial charge in [0.15, 0.2) is 5.52 Å². The van der Waals surface area contributed by atoms with Crippen molar-refractivity contribution in [3.63, 3.8) is 0 Å². The van der Waals surface area contributed by atoms with E-state index in [1.54, 1.807) is 0 Å². The maximum atomic E-state index is 6.10. The van der Waals surface area contributed by atoms with Crippen LogP contribution < -0.4 is 4.74 Å². The molecule has 2 aromatic carbocycles. The number of aromatic nitrogens is 3. The summed E-state index contributed by atoms with van der Waals surface area (Å²) in [6, 6.07) is 18.4. The van der Waals surface area contributed by atoms with E-state index in [4.69, 9.17) is 14.7 Å². The lowest BCUT2D eigenvalue weighted by atomic mass is 10.1. The van der Waals surface area contributed by atoms with E-state index in [0.29, 0.717) is 18.4 Å². The van der Waals surface area contributed by atoms with Gasteiger partial charge in [0.05, 0.1) is 11.0 Å². The largest absolute Gasteiger partial charge is 0.471 e. The van der Waals surface area contributed by atoms with E-state index in [9.17, 15) is 0 Å². The van der Waals surface area contributed by atoms with Crippen LogP contribution >= 0.6 is 0 Å². The van der Waals surface area contributed by atoms with Crippen molar-refractivity contribution in [2.45, 2.75) is 33.9 Å². The molecule has 0 unspecified atom stereocenters. The zero-order chi connectivity index (χ0) is 18.1. The standard InChI is InChI=1S/C22H23N3O/c1-15(2)13-25-16(3)23-20-21(25)18-11-7-8-12-19(18)24-22(20)26-14-17-9-5-4-6-10-17/h4-12,15H,13-14H2,1-3H3. The van der Waals surface area contributed by atoms with Gasteiger partial charge in [-0.25, -0.2) is 9.97 Å². The van der Waals surface area contributed by atoms with Crippen LogP contribution in [0.5, 0.6) is 5.88 Å². The van der Waals surface area contributed by atoms with Crippen molar-refractivity contribution in [2.24, 2.45) is 5.92 Å². The highest BCUT2D eigenvalue weighted by molar-refractivity contribution is 6.04. The van der Waals surface area contributed by atoms with Crippen LogP contribution in [0.4, 0.5) is 0 Å². The Hall–Kier alpha value is -2.88. The minimum atomic E-state index is 0.484. The Morgan fingerprint density at radius 2 is 1.69 bits per heavy atom. The average molecular weight is 345 g/mol. The van der Waals surface area contributed by atoms with Crippen molar-refractivity contribution in [1.29, 1.82) is 0 Å². The number of rotatable bonds is 5. The number of aryl methyl sites for hydroxylation is 1. The number of hydrogen-bond acceptors (Lipinski definition) is 3. The number of nitrogens with zero attached hydrogens (tertiary/aromatic N) is 3. The zero-order valence-corrected chi connectivity index (χ0v) is 15.4. The molecular weight excluding hydrogens is 322 g/mol. The first-order valence-electron chi connectivity index (χ1n) is 9.06. The first kappa shape index (κ1) is 16.6. The summed E-state index contributed by atoms with van der Waals surface area (Å²) in [7, 11) is 0. The van der Waals surface area contributed by atoms with Gasteiger partial charge in [0.2, 0.25) is 5.88 Å². The summed E-state index contributed by atoms with van der Waals surface area (Å²) in [6.45, 7) is 7.91. The molecule has 2 aromatic heterocycles. The Bertz CT molecular complexity index is 1050. The molecule has 4 rings (SSSR count). The molecule has 0 bridgehead atoms. The van der Waals surface area contributed by atoms with E-state index in [-0.39, 0.29) is 0 Å². The lowest BCUT2D eigenvalue weighted by Gasteiger charge is -2.12. The van der Waals surface area contributed by atoms with E-state index in [1.807, 2.05) is 30.3 Å². The molecule has 0 radical (unpaired) electrons. The fraction of sp³-hybridized carbons (Fsp3) is 0.273. The predicted octanol–water partition coefficient (Wildman–Crippen LogP) is 5.13. The van der Waals surface area contributed by atoms with E-state index in [2.05, 4.69) is 49.6 Å². The number of hydrogen-bond donors (Lipinski definition) is 0. The zero-order valence-electron chi connectivity index (χ0n) is 15.4. The number of fused-ring (bicyclic) bond motifs is 3. The highest BCUT2D eigenvalue weighted by Crippen LogP contribution is 2.32. The van der Waals surface area contributed by atoms with Gasteiger partial charge in [0, 0.05) is 11.9 Å². The van der Waals surface area contributed by atoms with Gasteiger partial charge in [0.25, 0.3) is 0 Å². The monoisotopic (exact) mass is 345 g/mol. The molecule has 0 saturated carbocycles. The fourth-order valence-electron chi connectivity index (χ4n) is 3.34. The Morgan fingerprint density at radius 3 is 2.46 bits per heavy atom. The van der Waals surface area contributed by atoms with Crippen LogP contribution in [0.1, 0.15) is 25.2 Å². The normalized spacial score (nSPS) is 11.5. The topological polar surface area (TPSA) is 39.9 Å². The molecule has 2 heterocycles. The minimum Gasteiger partial charge on any atom is -0.471 e. The van der Waals surface area contributed by atoms with Crippen LogP contribution in [0, 0.1) is 12.8 Å². The summed E-state index contributed by atoms with van der Waals surface area (Å²) < 4.78 is 8.39. The number of imidazole rings is 1. The number of ether oxygens (including phenoxy) is 1. The minimum absolute atomic E-state index is 0.484. The first-order valence-corrected chi connectivity index (χ1v) is 9.06. The summed E-state index contributed by atoms with van der Waals surface area (Å²) in [5.74, 6) is 2.14. The quantitative estimate of drug-likeness (QED) is 0.503. The van der Waals surface area contributed by atoms with E-state index in [1.165, 1.54) is 0 Å². The lowest BCUT2D eigenvalue weighted by Crippen LogP contribution is -2.06. The molecule has 26 heavy (non-hydrogen) atoms. The Labute approximate surface area is 153 Å². The molecule has 0 spiro atoms. The van der Waals surface area contributed by atoms with Crippen LogP contribution in [0.25, 0.3) is 21.9 Å². The van der Waals surface area contributed by atoms with Crippen molar-refractivity contribution in [2.75, 3.05) is 0 Å². The van der Waals surface area contributed by atoms with Crippen molar-refractivity contribution >= 4 is 21.9 Å². The SMILES string of the molecule is Cc1nc2c(OCc3ccccc3)nc3ccccc3c2n1CC(C)C. The molecule has 0 fully saturated rings. The molecule has 132 valence electrons. The molecular formula is C22H23N3O. The number of pyridine rings is 1. The second kappa shape index (κ2) is 6.79. The molecule has 0 atom stereocenters. The molecule has 0 amide bonds. The summed E-state index contributed by atoms with van der Waals surface area (Å²) in [5.41, 5.74) is 4.02. The van der Waals surface area contributed by atoms with E-state index >= 15 is 0 Å². The third kappa shape index (κ3) is 3.03. The summed E-state index contributed by atoms with van der Waals surface area (Å²) in [4.78, 5) is 9.56. The summed E-state index contributed by atoms with van der Waals surface area (Å²) in [5, 5.41) is 1.12. The highest BCUT2D eigenvalue weighted by atomic mass is 16.5. The predicted molar refractivity (Wildman–Crippen MR) is 105 cm³/mol. The van der Waals surface area contributed by atoms with Gasteiger partial charge >= 0.3 is 0 Å². The van der Waals surface area contributed by atoms with Crippen molar-refractivity contribution in [3.05, 3.63) is 66.0 Å². The van der Waals surface area contributed by atoms with Gasteiger partial charge in [-0.05, 0) is 24.5 Å². The Balaban J connectivity index is 1.86. The van der Waals surface area contributed by atoms with E-state index < -0.39 is 0 Å². The average Bonchev–Trinajstić information content (AvgIpc) is 2.97. The third-order valence-electron chi connectivity index (χ3n) is 4.51. The summed E-state index contributed by atoms with van der Waals surface area (Å²) in [6.07, 6.45) is 0. The van der Waals surface area contributed by atoms with Crippen LogP contribution in [0.2, 0.25) is 0 Å². The molecule has 0 aliphatic heterocycles. The maximum Gasteiger partial charge on any atom is 0.243 e. The van der Waals surface area contributed by atoms with Crippen molar-refractivity contribution in [3.8, 4) is 5.88 Å². The van der Waals surface area contributed by atoms with Crippen molar-refractivity contribution in [1.82, 2.24) is 14.5 Å². The molecule has 0 N–H and O–H groups in total. The Morgan fingerprint density at radius 1 is 0.962 bits per heavy atom. The first-order chi connectivity index (χ1) is 12.6. The third-order valence-corrected chi connectivity index (χ3v) is 4.51. The highest BCUT2D eigenvalue weighted by Gasteiger charge is 2.18. The van der Waals surface area contributed by atoms with Gasteiger partial charge in [-0.15, -0.1) is 0 Å².